The summed E-state index contributed by atoms with van der Waals surface area (Å²) in [6.07, 6.45) is 1.33. The number of carbonyl (C=O) groups excluding carboxylic acids is 1. The van der Waals surface area contributed by atoms with Gasteiger partial charge in [0.15, 0.2) is 0 Å². The van der Waals surface area contributed by atoms with E-state index in [1.807, 2.05) is 0 Å². The first-order chi connectivity index (χ1) is 6.95. The van der Waals surface area contributed by atoms with Gasteiger partial charge < -0.3 is 0 Å². The topological polar surface area (TPSA) is 72.1 Å². The van der Waals surface area contributed by atoms with Crippen LogP contribution in [0.25, 0.3) is 0 Å². The summed E-state index contributed by atoms with van der Waals surface area (Å²) in [4.78, 5) is 21.1. The molecule has 5 nitrogen and oxygen atoms in total. The number of rotatable bonds is 2. The van der Waals surface area contributed by atoms with E-state index in [0.717, 1.165) is 0 Å². The number of hydrogen-bond donors (Lipinski definition) is 1. The van der Waals surface area contributed by atoms with E-state index in [2.05, 4.69) is 54.1 Å². The number of amides is 1. The Bertz CT molecular complexity index is 417. The van der Waals surface area contributed by atoms with Crippen LogP contribution in [0.2, 0.25) is 0 Å². The molecule has 6 heteroatoms. The van der Waals surface area contributed by atoms with E-state index >= 15 is 0 Å². The van der Waals surface area contributed by atoms with Crippen LogP contribution >= 0.6 is 0 Å². The standard InChI is InChI=1S/C9H12N4O.Yb/c1-6-7(4-10)11-5-12-8(6)9(14)13(2)3;/h5H,10H2,1-3H3;. The van der Waals surface area contributed by atoms with E-state index in [4.69, 9.17) is 5.73 Å². The van der Waals surface area contributed by atoms with Crippen molar-refractivity contribution < 1.29 is 48.9 Å². The molecule has 0 radical (unpaired) electrons. The van der Waals surface area contributed by atoms with Crippen molar-refractivity contribution in [3.63, 3.8) is 0 Å². The number of hydrogen-bond acceptors (Lipinski definition) is 4. The van der Waals surface area contributed by atoms with Crippen LogP contribution in [0, 0.1) is 51.0 Å². The molecule has 1 rings (SSSR count). The van der Waals surface area contributed by atoms with Gasteiger partial charge in [0, 0.05) is 0 Å². The third-order valence-corrected chi connectivity index (χ3v) is 2.30. The Labute approximate surface area is 119 Å². The van der Waals surface area contributed by atoms with E-state index < -0.39 is 0 Å². The first-order valence-corrected chi connectivity index (χ1v) is 5.07. The van der Waals surface area contributed by atoms with Crippen LogP contribution in [0.5, 0.6) is 0 Å². The van der Waals surface area contributed by atoms with Crippen LogP contribution in [-0.4, -0.2) is 35.2 Å². The zero-order valence-corrected chi connectivity index (χ0v) is 10.4. The molecular weight excluding hydrogens is 353 g/mol. The second kappa shape index (κ2) is 5.30. The molecule has 15 heavy (non-hydrogen) atoms. The molecule has 0 unspecified atom stereocenters. The molecule has 0 fully saturated rings. The molecule has 1 aromatic rings. The second-order valence-corrected chi connectivity index (χ2v) is 4.11. The summed E-state index contributed by atoms with van der Waals surface area (Å²) < 4.78 is 0.447. The second-order valence-electron chi connectivity index (χ2n) is 3.18. The van der Waals surface area contributed by atoms with E-state index in [-0.39, 0.29) is 5.91 Å². The van der Waals surface area contributed by atoms with Gasteiger partial charge in [-0.2, -0.15) is 0 Å². The molecule has 0 aliphatic heterocycles. The van der Waals surface area contributed by atoms with Crippen molar-refractivity contribution in [3.05, 3.63) is 23.3 Å². The van der Waals surface area contributed by atoms with Crippen molar-refractivity contribution in [2.45, 2.75) is 6.92 Å². The molecule has 0 aromatic carbocycles. The summed E-state index contributed by atoms with van der Waals surface area (Å²) in [5.74, 6) is -0.157. The minimum absolute atomic E-state index is 0.157. The summed E-state index contributed by atoms with van der Waals surface area (Å²) in [6.45, 7) is 1.77. The predicted octanol–water partition coefficient (Wildman–Crippen LogP) is -0.527. The maximum atomic E-state index is 11.7. The van der Waals surface area contributed by atoms with Crippen LogP contribution < -0.4 is 5.73 Å². The normalized spacial score (nSPS) is 10.0. The summed E-state index contributed by atoms with van der Waals surface area (Å²) >= 11 is 2.77. The van der Waals surface area contributed by atoms with Crippen LogP contribution in [0.3, 0.4) is 0 Å². The van der Waals surface area contributed by atoms with Gasteiger partial charge in [-0.1, -0.05) is 0 Å². The van der Waals surface area contributed by atoms with E-state index in [0.29, 0.717) is 17.3 Å². The molecule has 1 amide bonds. The number of nitrogens with two attached hydrogens (primary N) is 1. The Balaban J connectivity index is 3.27. The summed E-state index contributed by atoms with van der Waals surface area (Å²) in [5, 5.41) is 0. The Hall–Kier alpha value is -0.101. The molecule has 0 spiro atoms. The van der Waals surface area contributed by atoms with Crippen LogP contribution in [0.4, 0.5) is 0 Å². The monoisotopic (exact) mass is 366 g/mol. The maximum absolute atomic E-state index is 11.7. The minimum atomic E-state index is -0.157. The fourth-order valence-corrected chi connectivity index (χ4v) is 1.52. The van der Waals surface area contributed by atoms with Gasteiger partial charge >= 0.3 is 120 Å². The fraction of sp³-hybridized carbons (Fsp3) is 0.333. The van der Waals surface area contributed by atoms with Gasteiger partial charge in [0.1, 0.15) is 0 Å². The summed E-state index contributed by atoms with van der Waals surface area (Å²) in [5.41, 5.74) is 7.23. The molecule has 0 saturated heterocycles. The quantitative estimate of drug-likeness (QED) is 0.765. The van der Waals surface area contributed by atoms with Gasteiger partial charge in [0.25, 0.3) is 0 Å². The van der Waals surface area contributed by atoms with Crippen molar-refractivity contribution in [3.8, 4) is 0 Å². The first-order valence-electron chi connectivity index (χ1n) is 4.21. The van der Waals surface area contributed by atoms with Gasteiger partial charge in [-0.3, -0.25) is 0 Å². The predicted molar refractivity (Wildman–Crippen MR) is 53.1 cm³/mol. The van der Waals surface area contributed by atoms with E-state index in [9.17, 15) is 4.79 Å². The number of nitrogens with zero attached hydrogens (tertiary/aromatic N) is 3. The average molecular weight is 365 g/mol. The van der Waals surface area contributed by atoms with Gasteiger partial charge in [0.2, 0.25) is 0 Å². The molecule has 0 bridgehead atoms. The molecule has 1 aromatic heterocycles. The van der Waals surface area contributed by atoms with Gasteiger partial charge in [-0.25, -0.2) is 0 Å². The summed E-state index contributed by atoms with van der Waals surface area (Å²) in [6, 6.07) is 0. The van der Waals surface area contributed by atoms with Crippen LogP contribution in [0.15, 0.2) is 6.33 Å². The third kappa shape index (κ3) is 2.93. The van der Waals surface area contributed by atoms with Crippen molar-refractivity contribution in [2.24, 2.45) is 5.73 Å². The fourth-order valence-electron chi connectivity index (χ4n) is 1.09. The molecule has 2 N–H and O–H groups in total. The molecule has 88 valence electrons. The van der Waals surface area contributed by atoms with E-state index in [1.165, 1.54) is 11.2 Å². The van der Waals surface area contributed by atoms with Gasteiger partial charge in [-0.15, -0.1) is 0 Å². The van der Waals surface area contributed by atoms with Crippen molar-refractivity contribution in [1.82, 2.24) is 14.9 Å². The molecule has 0 atom stereocenters. The van der Waals surface area contributed by atoms with Gasteiger partial charge in [0.05, 0.1) is 0 Å². The molecule has 0 aliphatic carbocycles. The molecule has 0 aliphatic rings. The SMILES string of the molecule is Cc1c(C(=O)N(C)C)ncnc1[C](N)=[Yb]. The van der Waals surface area contributed by atoms with Crippen molar-refractivity contribution in [2.75, 3.05) is 14.1 Å². The van der Waals surface area contributed by atoms with Crippen molar-refractivity contribution >= 4 is 6.27 Å². The van der Waals surface area contributed by atoms with E-state index in [1.54, 1.807) is 21.0 Å². The molecule has 0 saturated carbocycles. The zero-order chi connectivity index (χ0) is 11.6. The summed E-state index contributed by atoms with van der Waals surface area (Å²) in [7, 11) is 3.35. The zero-order valence-electron chi connectivity index (χ0n) is 8.67. The number of carbonyl (C=O) groups is 1. The van der Waals surface area contributed by atoms with Crippen LogP contribution in [-0.2, 0) is 0 Å². The Morgan fingerprint density at radius 3 is 2.40 bits per heavy atom. The first kappa shape index (κ1) is 13.0. The Kier molecular flexibility index (Phi) is 4.58. The van der Waals surface area contributed by atoms with Gasteiger partial charge in [-0.05, 0) is 0 Å². The number of aromatic nitrogens is 2. The molecular formula is C9H12N4OYb. The van der Waals surface area contributed by atoms with Crippen molar-refractivity contribution in [1.29, 1.82) is 0 Å². The van der Waals surface area contributed by atoms with Crippen LogP contribution in [0.1, 0.15) is 21.7 Å². The molecule has 1 heterocycles. The third-order valence-electron chi connectivity index (χ3n) is 1.89. The average Bonchev–Trinajstić information content (AvgIpc) is 2.16. The Morgan fingerprint density at radius 1 is 1.40 bits per heavy atom. The Morgan fingerprint density at radius 2 is 1.93 bits per heavy atom.